The molecule has 4 atom stereocenters. The van der Waals surface area contributed by atoms with Crippen LogP contribution in [0, 0.1) is 23.6 Å². The van der Waals surface area contributed by atoms with E-state index < -0.39 is 0 Å². The molecule has 4 unspecified atom stereocenters. The number of rotatable bonds is 7. The van der Waals surface area contributed by atoms with E-state index in [2.05, 4.69) is 49.3 Å². The van der Waals surface area contributed by atoms with Crippen molar-refractivity contribution < 1.29 is 9.50 Å². The Bertz CT molecular complexity index is 683. The minimum atomic E-state index is -0.176. The first kappa shape index (κ1) is 20.0. The van der Waals surface area contributed by atoms with Crippen LogP contribution in [0.25, 0.3) is 0 Å². The lowest BCUT2D eigenvalue weighted by Crippen LogP contribution is -2.39. The average molecular weight is 370 g/mol. The summed E-state index contributed by atoms with van der Waals surface area (Å²) in [4.78, 5) is 2.24. The summed E-state index contributed by atoms with van der Waals surface area (Å²) in [7, 11) is 4.23. The Morgan fingerprint density at radius 2 is 1.59 bits per heavy atom. The molecule has 1 aliphatic rings. The monoisotopic (exact) mass is 369 g/mol. The SMILES string of the molecule is CN(C)CC1CC(O)CCC1C(Cc1ccccc1)Cc1ccc(F)cc1. The van der Waals surface area contributed by atoms with Gasteiger partial charge in [-0.25, -0.2) is 4.39 Å². The predicted octanol–water partition coefficient (Wildman–Crippen LogP) is 4.57. The smallest absolute Gasteiger partial charge is 0.123 e. The molecule has 2 aromatic carbocycles. The van der Waals surface area contributed by atoms with Crippen molar-refractivity contribution in [3.05, 3.63) is 71.5 Å². The summed E-state index contributed by atoms with van der Waals surface area (Å²) in [6.45, 7) is 1.01. The van der Waals surface area contributed by atoms with Crippen molar-refractivity contribution in [3.63, 3.8) is 0 Å². The predicted molar refractivity (Wildman–Crippen MR) is 109 cm³/mol. The van der Waals surface area contributed by atoms with E-state index in [1.54, 1.807) is 12.1 Å². The molecular weight excluding hydrogens is 337 g/mol. The maximum absolute atomic E-state index is 13.3. The highest BCUT2D eigenvalue weighted by atomic mass is 19.1. The third-order valence-electron chi connectivity index (χ3n) is 5.97. The van der Waals surface area contributed by atoms with Crippen LogP contribution in [0.3, 0.4) is 0 Å². The van der Waals surface area contributed by atoms with Gasteiger partial charge in [-0.2, -0.15) is 0 Å². The molecule has 3 heteroatoms. The standard InChI is InChI=1S/C24H32FNO/c1-26(2)17-21-16-23(27)12-13-24(21)20(14-18-6-4-3-5-7-18)15-19-8-10-22(25)11-9-19/h3-11,20-21,23-24,27H,12-17H2,1-2H3. The molecule has 2 nitrogen and oxygen atoms in total. The van der Waals surface area contributed by atoms with Crippen molar-refractivity contribution in [3.8, 4) is 0 Å². The van der Waals surface area contributed by atoms with Crippen LogP contribution in [0.15, 0.2) is 54.6 Å². The number of nitrogens with zero attached hydrogens (tertiary/aromatic N) is 1. The van der Waals surface area contributed by atoms with Crippen LogP contribution < -0.4 is 0 Å². The first-order chi connectivity index (χ1) is 13.0. The summed E-state index contributed by atoms with van der Waals surface area (Å²) in [5, 5.41) is 10.2. The Balaban J connectivity index is 1.83. The number of hydrogen-bond donors (Lipinski definition) is 1. The Morgan fingerprint density at radius 1 is 0.963 bits per heavy atom. The zero-order valence-corrected chi connectivity index (χ0v) is 16.5. The summed E-state index contributed by atoms with van der Waals surface area (Å²) in [5.41, 5.74) is 2.56. The first-order valence-electron chi connectivity index (χ1n) is 10.1. The molecular formula is C24H32FNO. The molecule has 2 aromatic rings. The van der Waals surface area contributed by atoms with Crippen LogP contribution in [0.1, 0.15) is 30.4 Å². The Labute approximate surface area is 163 Å². The second-order valence-corrected chi connectivity index (χ2v) is 8.43. The number of aliphatic hydroxyl groups is 1. The molecule has 0 bridgehead atoms. The van der Waals surface area contributed by atoms with Gasteiger partial charge in [0.15, 0.2) is 0 Å². The quantitative estimate of drug-likeness (QED) is 0.773. The second-order valence-electron chi connectivity index (χ2n) is 8.43. The van der Waals surface area contributed by atoms with E-state index >= 15 is 0 Å². The third kappa shape index (κ3) is 5.88. The zero-order chi connectivity index (χ0) is 19.2. The number of hydrogen-bond acceptors (Lipinski definition) is 2. The molecule has 1 fully saturated rings. The molecule has 1 N–H and O–H groups in total. The second kappa shape index (κ2) is 9.48. The van der Waals surface area contributed by atoms with E-state index in [0.29, 0.717) is 17.8 Å². The van der Waals surface area contributed by atoms with Gasteiger partial charge in [0.1, 0.15) is 5.82 Å². The van der Waals surface area contributed by atoms with Crippen LogP contribution in [0.5, 0.6) is 0 Å². The molecule has 0 spiro atoms. The van der Waals surface area contributed by atoms with Gasteiger partial charge in [0.2, 0.25) is 0 Å². The van der Waals surface area contributed by atoms with Gasteiger partial charge in [-0.1, -0.05) is 42.5 Å². The minimum absolute atomic E-state index is 0.172. The fourth-order valence-electron chi connectivity index (χ4n) is 4.78. The largest absolute Gasteiger partial charge is 0.393 e. The van der Waals surface area contributed by atoms with Gasteiger partial charge in [0, 0.05) is 6.54 Å². The molecule has 0 heterocycles. The van der Waals surface area contributed by atoms with E-state index in [1.165, 1.54) is 11.1 Å². The van der Waals surface area contributed by atoms with E-state index in [9.17, 15) is 9.50 Å². The van der Waals surface area contributed by atoms with E-state index in [0.717, 1.165) is 38.6 Å². The highest BCUT2D eigenvalue weighted by Gasteiger charge is 2.35. The Hall–Kier alpha value is -1.71. The van der Waals surface area contributed by atoms with Gasteiger partial charge >= 0.3 is 0 Å². The Kier molecular flexibility index (Phi) is 7.03. The molecule has 0 aliphatic heterocycles. The summed E-state index contributed by atoms with van der Waals surface area (Å²) in [6.07, 6.45) is 4.66. The fourth-order valence-corrected chi connectivity index (χ4v) is 4.78. The highest BCUT2D eigenvalue weighted by Crippen LogP contribution is 2.38. The van der Waals surface area contributed by atoms with Crippen molar-refractivity contribution in [1.29, 1.82) is 0 Å². The van der Waals surface area contributed by atoms with Crippen molar-refractivity contribution in [2.24, 2.45) is 17.8 Å². The summed E-state index contributed by atoms with van der Waals surface area (Å²) in [5.74, 6) is 1.39. The van der Waals surface area contributed by atoms with Crippen LogP contribution in [0.2, 0.25) is 0 Å². The highest BCUT2D eigenvalue weighted by molar-refractivity contribution is 5.20. The molecule has 0 amide bonds. The van der Waals surface area contributed by atoms with Crippen LogP contribution in [0.4, 0.5) is 4.39 Å². The number of aliphatic hydroxyl groups excluding tert-OH is 1. The maximum Gasteiger partial charge on any atom is 0.123 e. The van der Waals surface area contributed by atoms with Gasteiger partial charge < -0.3 is 10.0 Å². The molecule has 1 saturated carbocycles. The van der Waals surface area contributed by atoms with Gasteiger partial charge in [0.25, 0.3) is 0 Å². The zero-order valence-electron chi connectivity index (χ0n) is 16.5. The lowest BCUT2D eigenvalue weighted by molar-refractivity contribution is 0.0346. The van der Waals surface area contributed by atoms with Gasteiger partial charge in [-0.15, -0.1) is 0 Å². The van der Waals surface area contributed by atoms with Crippen molar-refractivity contribution in [1.82, 2.24) is 4.90 Å². The van der Waals surface area contributed by atoms with Crippen molar-refractivity contribution in [2.75, 3.05) is 20.6 Å². The van der Waals surface area contributed by atoms with E-state index in [1.807, 2.05) is 12.1 Å². The number of halogens is 1. The molecule has 0 radical (unpaired) electrons. The molecule has 0 aromatic heterocycles. The maximum atomic E-state index is 13.3. The normalized spacial score (nSPS) is 24.1. The van der Waals surface area contributed by atoms with E-state index in [4.69, 9.17) is 0 Å². The molecule has 27 heavy (non-hydrogen) atoms. The topological polar surface area (TPSA) is 23.5 Å². The molecule has 1 aliphatic carbocycles. The van der Waals surface area contributed by atoms with Crippen molar-refractivity contribution >= 4 is 0 Å². The summed E-state index contributed by atoms with van der Waals surface area (Å²) < 4.78 is 13.3. The van der Waals surface area contributed by atoms with Crippen LogP contribution in [-0.2, 0) is 12.8 Å². The number of benzene rings is 2. The molecule has 146 valence electrons. The van der Waals surface area contributed by atoms with Gasteiger partial charge in [-0.05, 0) is 87.2 Å². The lowest BCUT2D eigenvalue weighted by atomic mass is 9.68. The van der Waals surface area contributed by atoms with Gasteiger partial charge in [-0.3, -0.25) is 0 Å². The van der Waals surface area contributed by atoms with Gasteiger partial charge in [0.05, 0.1) is 6.10 Å². The third-order valence-corrected chi connectivity index (χ3v) is 5.97. The van der Waals surface area contributed by atoms with Crippen LogP contribution >= 0.6 is 0 Å². The van der Waals surface area contributed by atoms with Crippen LogP contribution in [-0.4, -0.2) is 36.8 Å². The lowest BCUT2D eigenvalue weighted by Gasteiger charge is -2.40. The molecule has 0 saturated heterocycles. The Morgan fingerprint density at radius 3 is 2.22 bits per heavy atom. The summed E-state index contributed by atoms with van der Waals surface area (Å²) >= 11 is 0. The molecule has 3 rings (SSSR count). The summed E-state index contributed by atoms with van der Waals surface area (Å²) in [6, 6.07) is 17.7. The van der Waals surface area contributed by atoms with Crippen molar-refractivity contribution in [2.45, 2.75) is 38.2 Å². The minimum Gasteiger partial charge on any atom is -0.393 e. The van der Waals surface area contributed by atoms with E-state index in [-0.39, 0.29) is 11.9 Å². The average Bonchev–Trinajstić information content (AvgIpc) is 2.64. The first-order valence-corrected chi connectivity index (χ1v) is 10.1. The fraction of sp³-hybridized carbons (Fsp3) is 0.500.